The quantitative estimate of drug-likeness (QED) is 0.187. The summed E-state index contributed by atoms with van der Waals surface area (Å²) in [5.41, 5.74) is 1.60. The zero-order valence-electron chi connectivity index (χ0n) is 18.9. The molecule has 3 rings (SSSR count). The van der Waals surface area contributed by atoms with Crippen molar-refractivity contribution in [1.82, 2.24) is 10.2 Å². The van der Waals surface area contributed by atoms with Gasteiger partial charge in [0.1, 0.15) is 35.6 Å². The minimum Gasteiger partial charge on any atom is -0.493 e. The summed E-state index contributed by atoms with van der Waals surface area (Å²) in [4.78, 5) is 12.4. The van der Waals surface area contributed by atoms with Crippen LogP contribution in [-0.4, -0.2) is 36.4 Å². The van der Waals surface area contributed by atoms with Crippen LogP contribution in [0.15, 0.2) is 60.7 Å². The predicted octanol–water partition coefficient (Wildman–Crippen LogP) is 4.59. The number of nitrogens with one attached hydrogen (secondary N) is 1. The molecule has 0 radical (unpaired) electrons. The SMILES string of the molecule is C=CCc1ccccc1OCCOc1ccc(/C=C(/C#N)C(=O)Nc2nnc(C)s2)cc1OC. The van der Waals surface area contributed by atoms with Gasteiger partial charge in [-0.2, -0.15) is 5.26 Å². The second-order valence-corrected chi connectivity index (χ2v) is 8.14. The van der Waals surface area contributed by atoms with Crippen LogP contribution in [0.4, 0.5) is 5.13 Å². The molecule has 0 atom stereocenters. The Morgan fingerprint density at radius 3 is 2.59 bits per heavy atom. The highest BCUT2D eigenvalue weighted by Gasteiger charge is 2.13. The van der Waals surface area contributed by atoms with E-state index in [0.717, 1.165) is 17.7 Å². The summed E-state index contributed by atoms with van der Waals surface area (Å²) in [6.07, 6.45) is 4.02. The van der Waals surface area contributed by atoms with Gasteiger partial charge in [-0.3, -0.25) is 10.1 Å². The van der Waals surface area contributed by atoms with Crippen LogP contribution in [0.2, 0.25) is 0 Å². The number of amides is 1. The van der Waals surface area contributed by atoms with Gasteiger partial charge >= 0.3 is 0 Å². The average molecular weight is 477 g/mol. The number of methoxy groups -OCH3 is 1. The van der Waals surface area contributed by atoms with Gasteiger partial charge in [0.15, 0.2) is 11.5 Å². The molecule has 0 aliphatic rings. The van der Waals surface area contributed by atoms with Crippen molar-refractivity contribution in [3.63, 3.8) is 0 Å². The topological polar surface area (TPSA) is 106 Å². The van der Waals surface area contributed by atoms with E-state index < -0.39 is 5.91 Å². The molecule has 174 valence electrons. The van der Waals surface area contributed by atoms with Gasteiger partial charge < -0.3 is 14.2 Å². The van der Waals surface area contributed by atoms with Gasteiger partial charge in [0.2, 0.25) is 5.13 Å². The van der Waals surface area contributed by atoms with Gasteiger partial charge in [-0.05, 0) is 48.7 Å². The van der Waals surface area contributed by atoms with Crippen molar-refractivity contribution in [1.29, 1.82) is 5.26 Å². The van der Waals surface area contributed by atoms with Crippen LogP contribution in [0.3, 0.4) is 0 Å². The number of anilines is 1. The van der Waals surface area contributed by atoms with Crippen molar-refractivity contribution in [3.05, 3.63) is 76.8 Å². The molecule has 9 heteroatoms. The molecule has 0 saturated carbocycles. The van der Waals surface area contributed by atoms with Crippen molar-refractivity contribution in [2.45, 2.75) is 13.3 Å². The molecule has 3 aromatic rings. The summed E-state index contributed by atoms with van der Waals surface area (Å²) in [7, 11) is 1.52. The Balaban J connectivity index is 1.62. The molecule has 0 spiro atoms. The lowest BCUT2D eigenvalue weighted by Crippen LogP contribution is -2.13. The number of nitrogens with zero attached hydrogens (tertiary/aromatic N) is 3. The molecule has 0 saturated heterocycles. The first-order chi connectivity index (χ1) is 16.5. The van der Waals surface area contributed by atoms with Crippen molar-refractivity contribution in [3.8, 4) is 23.3 Å². The zero-order chi connectivity index (χ0) is 24.3. The Kier molecular flexibility index (Phi) is 8.77. The van der Waals surface area contributed by atoms with E-state index in [2.05, 4.69) is 22.1 Å². The van der Waals surface area contributed by atoms with E-state index in [1.807, 2.05) is 36.4 Å². The average Bonchev–Trinajstić information content (AvgIpc) is 3.26. The molecule has 2 aromatic carbocycles. The maximum Gasteiger partial charge on any atom is 0.268 e. The minimum absolute atomic E-state index is 0.0739. The largest absolute Gasteiger partial charge is 0.493 e. The number of allylic oxidation sites excluding steroid dienone is 1. The van der Waals surface area contributed by atoms with Gasteiger partial charge in [0, 0.05) is 0 Å². The Morgan fingerprint density at radius 1 is 1.15 bits per heavy atom. The van der Waals surface area contributed by atoms with Gasteiger partial charge in [0.25, 0.3) is 5.91 Å². The Labute approximate surface area is 202 Å². The molecule has 0 aliphatic heterocycles. The molecule has 1 amide bonds. The Bertz CT molecular complexity index is 1230. The van der Waals surface area contributed by atoms with Crippen LogP contribution in [0.25, 0.3) is 6.08 Å². The first-order valence-corrected chi connectivity index (χ1v) is 11.2. The molecule has 8 nitrogen and oxygen atoms in total. The van der Waals surface area contributed by atoms with Crippen molar-refractivity contribution < 1.29 is 19.0 Å². The number of nitriles is 1. The molecule has 0 unspecified atom stereocenters. The third kappa shape index (κ3) is 6.67. The van der Waals surface area contributed by atoms with Gasteiger partial charge in [-0.15, -0.1) is 16.8 Å². The third-order valence-corrected chi connectivity index (χ3v) is 5.30. The number of hydrogen-bond acceptors (Lipinski definition) is 8. The molecule has 34 heavy (non-hydrogen) atoms. The van der Waals surface area contributed by atoms with Crippen molar-refractivity contribution in [2.75, 3.05) is 25.6 Å². The van der Waals surface area contributed by atoms with E-state index in [9.17, 15) is 10.1 Å². The van der Waals surface area contributed by atoms with Gasteiger partial charge in [-0.1, -0.05) is 41.7 Å². The predicted molar refractivity (Wildman–Crippen MR) is 131 cm³/mol. The summed E-state index contributed by atoms with van der Waals surface area (Å²) in [6, 6.07) is 14.8. The number of hydrogen-bond donors (Lipinski definition) is 1. The molecule has 0 aliphatic carbocycles. The van der Waals surface area contributed by atoms with E-state index in [-0.39, 0.29) is 5.57 Å². The molecule has 1 N–H and O–H groups in total. The van der Waals surface area contributed by atoms with E-state index in [4.69, 9.17) is 14.2 Å². The fraction of sp³-hybridized carbons (Fsp3) is 0.200. The number of aromatic nitrogens is 2. The van der Waals surface area contributed by atoms with Gasteiger partial charge in [-0.25, -0.2) is 0 Å². The fourth-order valence-electron chi connectivity index (χ4n) is 2.99. The maximum absolute atomic E-state index is 12.4. The first kappa shape index (κ1) is 24.5. The van der Waals surface area contributed by atoms with E-state index >= 15 is 0 Å². The lowest BCUT2D eigenvalue weighted by molar-refractivity contribution is -0.112. The minimum atomic E-state index is -0.563. The van der Waals surface area contributed by atoms with Crippen LogP contribution in [-0.2, 0) is 11.2 Å². The standard InChI is InChI=1S/C25H24N4O4S/c1-4-7-19-8-5-6-9-21(19)32-12-13-33-22-11-10-18(15-23(22)31-3)14-20(16-26)24(30)27-25-29-28-17(2)34-25/h4-6,8-11,14-15H,1,7,12-13H2,2-3H3,(H,27,29,30)/b20-14-. The Hall–Kier alpha value is -4.16. The lowest BCUT2D eigenvalue weighted by atomic mass is 10.1. The van der Waals surface area contributed by atoms with Crippen LogP contribution < -0.4 is 19.5 Å². The summed E-state index contributed by atoms with van der Waals surface area (Å²) in [6.45, 7) is 6.20. The van der Waals surface area contributed by atoms with Gasteiger partial charge in [0.05, 0.1) is 7.11 Å². The van der Waals surface area contributed by atoms with Crippen LogP contribution in [0, 0.1) is 18.3 Å². The van der Waals surface area contributed by atoms with E-state index in [1.54, 1.807) is 25.1 Å². The molecular formula is C25H24N4O4S. The number of carbonyl (C=O) groups is 1. The lowest BCUT2D eigenvalue weighted by Gasteiger charge is -2.13. The summed E-state index contributed by atoms with van der Waals surface area (Å²) in [5, 5.41) is 20.7. The highest BCUT2D eigenvalue weighted by Crippen LogP contribution is 2.29. The highest BCUT2D eigenvalue weighted by molar-refractivity contribution is 7.15. The molecule has 1 aromatic heterocycles. The molecule has 1 heterocycles. The van der Waals surface area contributed by atoms with Crippen LogP contribution >= 0.6 is 11.3 Å². The number of aryl methyl sites for hydroxylation is 1. The first-order valence-electron chi connectivity index (χ1n) is 10.4. The van der Waals surface area contributed by atoms with Crippen molar-refractivity contribution in [2.24, 2.45) is 0 Å². The fourth-order valence-corrected chi connectivity index (χ4v) is 3.58. The van der Waals surface area contributed by atoms with E-state index in [1.165, 1.54) is 24.5 Å². The summed E-state index contributed by atoms with van der Waals surface area (Å²) >= 11 is 1.23. The summed E-state index contributed by atoms with van der Waals surface area (Å²) in [5.74, 6) is 1.23. The number of ether oxygens (including phenoxy) is 3. The number of rotatable bonds is 11. The molecule has 0 fully saturated rings. The number of benzene rings is 2. The summed E-state index contributed by atoms with van der Waals surface area (Å²) < 4.78 is 17.1. The zero-order valence-corrected chi connectivity index (χ0v) is 19.7. The Morgan fingerprint density at radius 2 is 1.91 bits per heavy atom. The normalized spacial score (nSPS) is 10.8. The third-order valence-electron chi connectivity index (χ3n) is 4.55. The van der Waals surface area contributed by atoms with Crippen LogP contribution in [0.5, 0.6) is 17.2 Å². The number of para-hydroxylation sites is 1. The highest BCUT2D eigenvalue weighted by atomic mass is 32.1. The second kappa shape index (κ2) is 12.2. The van der Waals surface area contributed by atoms with Crippen molar-refractivity contribution >= 4 is 28.5 Å². The van der Waals surface area contributed by atoms with E-state index in [0.29, 0.717) is 40.4 Å². The smallest absolute Gasteiger partial charge is 0.268 e. The number of carbonyl (C=O) groups excluding carboxylic acids is 1. The van der Waals surface area contributed by atoms with Crippen LogP contribution in [0.1, 0.15) is 16.1 Å². The molecule has 0 bridgehead atoms. The molecular weight excluding hydrogens is 452 g/mol. The second-order valence-electron chi connectivity index (χ2n) is 6.96. The monoisotopic (exact) mass is 476 g/mol. The maximum atomic E-state index is 12.4.